The predicted octanol–water partition coefficient (Wildman–Crippen LogP) is 2.92. The molecule has 0 saturated carbocycles. The van der Waals surface area contributed by atoms with Gasteiger partial charge >= 0.3 is 0 Å². The van der Waals surface area contributed by atoms with E-state index in [2.05, 4.69) is 21.9 Å². The van der Waals surface area contributed by atoms with Gasteiger partial charge < -0.3 is 19.7 Å². The molecule has 1 amide bonds. The van der Waals surface area contributed by atoms with E-state index in [9.17, 15) is 9.18 Å². The van der Waals surface area contributed by atoms with E-state index < -0.39 is 5.82 Å². The molecular formula is C19H21FN4O3. The Morgan fingerprint density at radius 3 is 2.89 bits per heavy atom. The van der Waals surface area contributed by atoms with Crippen LogP contribution in [-0.4, -0.2) is 47.1 Å². The summed E-state index contributed by atoms with van der Waals surface area (Å²) in [6.45, 7) is 4.50. The highest BCUT2D eigenvalue weighted by atomic mass is 19.1. The fourth-order valence-electron chi connectivity index (χ4n) is 2.82. The van der Waals surface area contributed by atoms with Crippen LogP contribution in [0.15, 0.2) is 43.1 Å². The van der Waals surface area contributed by atoms with Crippen LogP contribution in [0.1, 0.15) is 12.8 Å². The molecule has 1 aromatic heterocycles. The molecular weight excluding hydrogens is 351 g/mol. The van der Waals surface area contributed by atoms with E-state index in [-0.39, 0.29) is 23.8 Å². The van der Waals surface area contributed by atoms with Gasteiger partial charge in [0.25, 0.3) is 5.88 Å². The first-order chi connectivity index (χ1) is 13.1. The Kier molecular flexibility index (Phi) is 5.85. The van der Waals surface area contributed by atoms with Gasteiger partial charge in [-0.2, -0.15) is 9.37 Å². The number of anilines is 2. The number of benzene rings is 1. The molecule has 1 aliphatic heterocycles. The average Bonchev–Trinajstić information content (AvgIpc) is 2.70. The summed E-state index contributed by atoms with van der Waals surface area (Å²) in [6.07, 6.45) is 3.48. The number of methoxy groups -OCH3 is 1. The van der Waals surface area contributed by atoms with E-state index in [4.69, 9.17) is 9.47 Å². The Balaban J connectivity index is 1.69. The van der Waals surface area contributed by atoms with Crippen LogP contribution in [-0.2, 0) is 4.79 Å². The zero-order chi connectivity index (χ0) is 19.2. The molecule has 2 heterocycles. The molecule has 0 radical (unpaired) electrons. The highest BCUT2D eigenvalue weighted by Crippen LogP contribution is 2.23. The SMILES string of the molecule is C=CC(=O)N1CCC[C@H](Oc2nc(Nc3ccc(OC)cc3)ncc2F)C1. The highest BCUT2D eigenvalue weighted by Gasteiger charge is 2.25. The number of likely N-dealkylation sites (tertiary alicyclic amines) is 1. The monoisotopic (exact) mass is 372 g/mol. The van der Waals surface area contributed by atoms with Gasteiger partial charge in [-0.15, -0.1) is 0 Å². The number of ether oxygens (including phenoxy) is 2. The first-order valence-electron chi connectivity index (χ1n) is 8.60. The number of nitrogens with zero attached hydrogens (tertiary/aromatic N) is 3. The predicted molar refractivity (Wildman–Crippen MR) is 98.7 cm³/mol. The van der Waals surface area contributed by atoms with Crippen molar-refractivity contribution in [2.75, 3.05) is 25.5 Å². The highest BCUT2D eigenvalue weighted by molar-refractivity contribution is 5.87. The maximum Gasteiger partial charge on any atom is 0.255 e. The lowest BCUT2D eigenvalue weighted by atomic mass is 10.1. The summed E-state index contributed by atoms with van der Waals surface area (Å²) >= 11 is 0. The number of hydrogen-bond acceptors (Lipinski definition) is 6. The molecule has 1 atom stereocenters. The van der Waals surface area contributed by atoms with Crippen molar-refractivity contribution < 1.29 is 18.7 Å². The number of carbonyl (C=O) groups is 1. The average molecular weight is 372 g/mol. The normalized spacial score (nSPS) is 16.5. The van der Waals surface area contributed by atoms with Crippen LogP contribution in [0.4, 0.5) is 16.0 Å². The van der Waals surface area contributed by atoms with Crippen LogP contribution in [0.3, 0.4) is 0 Å². The number of rotatable bonds is 6. The minimum Gasteiger partial charge on any atom is -0.497 e. The lowest BCUT2D eigenvalue weighted by Crippen LogP contribution is -2.43. The molecule has 0 aliphatic carbocycles. The van der Waals surface area contributed by atoms with E-state index in [0.29, 0.717) is 19.5 Å². The Bertz CT molecular complexity index is 813. The number of hydrogen-bond donors (Lipinski definition) is 1. The van der Waals surface area contributed by atoms with Gasteiger partial charge in [-0.1, -0.05) is 6.58 Å². The molecule has 0 spiro atoms. The number of aromatic nitrogens is 2. The van der Waals surface area contributed by atoms with Gasteiger partial charge in [-0.3, -0.25) is 4.79 Å². The smallest absolute Gasteiger partial charge is 0.255 e. The number of piperidine rings is 1. The van der Waals surface area contributed by atoms with Gasteiger partial charge in [0.1, 0.15) is 11.9 Å². The van der Waals surface area contributed by atoms with Crippen molar-refractivity contribution in [1.82, 2.24) is 14.9 Å². The second-order valence-corrected chi connectivity index (χ2v) is 6.07. The van der Waals surface area contributed by atoms with Crippen molar-refractivity contribution in [2.24, 2.45) is 0 Å². The van der Waals surface area contributed by atoms with E-state index in [0.717, 1.165) is 24.1 Å². The maximum absolute atomic E-state index is 14.1. The lowest BCUT2D eigenvalue weighted by molar-refractivity contribution is -0.128. The zero-order valence-electron chi connectivity index (χ0n) is 15.0. The molecule has 1 aromatic carbocycles. The van der Waals surface area contributed by atoms with Gasteiger partial charge in [0.2, 0.25) is 17.7 Å². The summed E-state index contributed by atoms with van der Waals surface area (Å²) in [4.78, 5) is 21.5. The second kappa shape index (κ2) is 8.48. The molecule has 7 nitrogen and oxygen atoms in total. The Hall–Kier alpha value is -3.16. The third-order valence-electron chi connectivity index (χ3n) is 4.20. The van der Waals surface area contributed by atoms with Crippen LogP contribution >= 0.6 is 0 Å². The van der Waals surface area contributed by atoms with Crippen LogP contribution in [0.25, 0.3) is 0 Å². The molecule has 1 saturated heterocycles. The third-order valence-corrected chi connectivity index (χ3v) is 4.20. The van der Waals surface area contributed by atoms with E-state index in [1.807, 2.05) is 0 Å². The molecule has 27 heavy (non-hydrogen) atoms. The number of carbonyl (C=O) groups excluding carboxylic acids is 1. The topological polar surface area (TPSA) is 76.6 Å². The maximum atomic E-state index is 14.1. The summed E-state index contributed by atoms with van der Waals surface area (Å²) in [6, 6.07) is 7.17. The lowest BCUT2D eigenvalue weighted by Gasteiger charge is -2.32. The summed E-state index contributed by atoms with van der Waals surface area (Å²) in [5, 5.41) is 2.99. The number of halogens is 1. The zero-order valence-corrected chi connectivity index (χ0v) is 15.0. The quantitative estimate of drug-likeness (QED) is 0.786. The Morgan fingerprint density at radius 1 is 1.41 bits per heavy atom. The van der Waals surface area contributed by atoms with E-state index in [1.54, 1.807) is 36.3 Å². The minimum absolute atomic E-state index is 0.140. The van der Waals surface area contributed by atoms with Crippen molar-refractivity contribution in [3.05, 3.63) is 48.9 Å². The largest absolute Gasteiger partial charge is 0.497 e. The second-order valence-electron chi connectivity index (χ2n) is 6.07. The van der Waals surface area contributed by atoms with Gasteiger partial charge in [-0.25, -0.2) is 4.98 Å². The fraction of sp³-hybridized carbons (Fsp3) is 0.316. The first-order valence-corrected chi connectivity index (χ1v) is 8.60. The van der Waals surface area contributed by atoms with Crippen molar-refractivity contribution in [2.45, 2.75) is 18.9 Å². The van der Waals surface area contributed by atoms with Gasteiger partial charge in [0.15, 0.2) is 0 Å². The summed E-state index contributed by atoms with van der Waals surface area (Å²) in [7, 11) is 1.59. The van der Waals surface area contributed by atoms with Crippen molar-refractivity contribution in [3.63, 3.8) is 0 Å². The summed E-state index contributed by atoms with van der Waals surface area (Å²) in [5.74, 6) is -0.0124. The van der Waals surface area contributed by atoms with Crippen LogP contribution in [0.5, 0.6) is 11.6 Å². The van der Waals surface area contributed by atoms with Crippen molar-refractivity contribution >= 4 is 17.5 Å². The van der Waals surface area contributed by atoms with Gasteiger partial charge in [0, 0.05) is 12.2 Å². The van der Waals surface area contributed by atoms with E-state index in [1.165, 1.54) is 6.08 Å². The summed E-state index contributed by atoms with van der Waals surface area (Å²) < 4.78 is 24.9. The number of nitrogens with one attached hydrogen (secondary N) is 1. The van der Waals surface area contributed by atoms with Crippen LogP contribution in [0, 0.1) is 5.82 Å². The molecule has 8 heteroatoms. The molecule has 0 bridgehead atoms. The van der Waals surface area contributed by atoms with Gasteiger partial charge in [0.05, 0.1) is 19.9 Å². The van der Waals surface area contributed by atoms with Crippen LogP contribution < -0.4 is 14.8 Å². The Morgan fingerprint density at radius 2 is 2.19 bits per heavy atom. The molecule has 0 unspecified atom stereocenters. The minimum atomic E-state index is -0.651. The van der Waals surface area contributed by atoms with Crippen molar-refractivity contribution in [1.29, 1.82) is 0 Å². The van der Waals surface area contributed by atoms with Gasteiger partial charge in [-0.05, 0) is 43.2 Å². The fourth-order valence-corrected chi connectivity index (χ4v) is 2.82. The molecule has 142 valence electrons. The van der Waals surface area contributed by atoms with Crippen molar-refractivity contribution in [3.8, 4) is 11.6 Å². The molecule has 3 rings (SSSR count). The van der Waals surface area contributed by atoms with Crippen LogP contribution in [0.2, 0.25) is 0 Å². The number of amides is 1. The molecule has 1 N–H and O–H groups in total. The molecule has 1 aliphatic rings. The Labute approximate surface area is 156 Å². The molecule has 1 fully saturated rings. The third kappa shape index (κ3) is 4.72. The van der Waals surface area contributed by atoms with E-state index >= 15 is 0 Å². The molecule has 2 aromatic rings. The first kappa shape index (κ1) is 18.6. The standard InChI is InChI=1S/C19H21FN4O3/c1-3-17(25)24-10-4-5-15(12-24)27-18-16(20)11-21-19(23-18)22-13-6-8-14(26-2)9-7-13/h3,6-9,11,15H,1,4-5,10,12H2,2H3,(H,21,22,23)/t15-/m0/s1. The summed E-state index contributed by atoms with van der Waals surface area (Å²) in [5.41, 5.74) is 0.730.